The number of ether oxygens (including phenoxy) is 1. The van der Waals surface area contributed by atoms with E-state index in [-0.39, 0.29) is 22.0 Å². The second-order valence-corrected chi connectivity index (χ2v) is 8.65. The molecule has 0 aliphatic rings. The Morgan fingerprint density at radius 2 is 1.87 bits per heavy atom. The van der Waals surface area contributed by atoms with Crippen LogP contribution in [0.2, 0.25) is 5.02 Å². The zero-order valence-electron chi connectivity index (χ0n) is 16.4. The summed E-state index contributed by atoms with van der Waals surface area (Å²) in [6.07, 6.45) is 1.59. The van der Waals surface area contributed by atoms with Gasteiger partial charge in [0.05, 0.1) is 17.8 Å². The van der Waals surface area contributed by atoms with E-state index >= 15 is 0 Å². The number of benzene rings is 2. The molecule has 0 bridgehead atoms. The number of carbonyl (C=O) groups is 1. The number of methoxy groups -OCH3 is 1. The van der Waals surface area contributed by atoms with E-state index in [2.05, 4.69) is 10.3 Å². The number of halogens is 1. The molecule has 3 aromatic rings. The monoisotopic (exact) mass is 445 g/mol. The Hall–Kier alpha value is -3.10. The molecular formula is C21H20ClN3O4S. The van der Waals surface area contributed by atoms with E-state index in [1.54, 1.807) is 48.7 Å². The molecule has 1 heterocycles. The Morgan fingerprint density at radius 3 is 2.57 bits per heavy atom. The van der Waals surface area contributed by atoms with Crippen molar-refractivity contribution in [3.05, 3.63) is 83.0 Å². The van der Waals surface area contributed by atoms with Crippen LogP contribution in [0.5, 0.6) is 5.88 Å². The fourth-order valence-corrected chi connectivity index (χ4v) is 4.48. The van der Waals surface area contributed by atoms with E-state index in [1.165, 1.54) is 32.4 Å². The number of para-hydroxylation sites is 1. The first kappa shape index (κ1) is 21.6. The minimum absolute atomic E-state index is 0.0308. The number of rotatable bonds is 7. The van der Waals surface area contributed by atoms with Gasteiger partial charge in [-0.25, -0.2) is 13.4 Å². The lowest BCUT2D eigenvalue weighted by molar-refractivity contribution is 0.0950. The van der Waals surface area contributed by atoms with Gasteiger partial charge in [-0.15, -0.1) is 0 Å². The minimum Gasteiger partial charge on any atom is -0.481 e. The molecule has 0 spiro atoms. The molecule has 7 nitrogen and oxygen atoms in total. The molecule has 9 heteroatoms. The van der Waals surface area contributed by atoms with Crippen LogP contribution >= 0.6 is 11.6 Å². The van der Waals surface area contributed by atoms with Gasteiger partial charge in [-0.05, 0) is 36.4 Å². The maximum absolute atomic E-state index is 13.1. The molecule has 0 saturated carbocycles. The third kappa shape index (κ3) is 4.55. The summed E-state index contributed by atoms with van der Waals surface area (Å²) in [5.74, 6) is -0.0435. The number of anilines is 1. The molecule has 0 aliphatic carbocycles. The molecule has 0 saturated heterocycles. The average molecular weight is 446 g/mol. The lowest BCUT2D eigenvalue weighted by atomic mass is 10.2. The fraction of sp³-hybridized carbons (Fsp3) is 0.143. The van der Waals surface area contributed by atoms with Crippen molar-refractivity contribution in [3.63, 3.8) is 0 Å². The highest BCUT2D eigenvalue weighted by molar-refractivity contribution is 7.93. The van der Waals surface area contributed by atoms with Crippen molar-refractivity contribution in [3.8, 4) is 5.88 Å². The van der Waals surface area contributed by atoms with Crippen LogP contribution in [0.3, 0.4) is 0 Å². The smallest absolute Gasteiger partial charge is 0.265 e. The van der Waals surface area contributed by atoms with Crippen LogP contribution in [0, 0.1) is 0 Å². The van der Waals surface area contributed by atoms with Crippen LogP contribution in [0.4, 0.5) is 5.69 Å². The highest BCUT2D eigenvalue weighted by Gasteiger charge is 2.25. The van der Waals surface area contributed by atoms with Crippen molar-refractivity contribution in [2.75, 3.05) is 18.5 Å². The molecule has 0 aliphatic heterocycles. The van der Waals surface area contributed by atoms with Crippen molar-refractivity contribution in [2.45, 2.75) is 11.4 Å². The number of sulfonamides is 1. The maximum Gasteiger partial charge on any atom is 0.265 e. The first-order valence-electron chi connectivity index (χ1n) is 8.94. The molecule has 3 rings (SSSR count). The normalized spacial score (nSPS) is 11.0. The van der Waals surface area contributed by atoms with Crippen LogP contribution in [-0.4, -0.2) is 33.5 Å². The quantitative estimate of drug-likeness (QED) is 0.601. The topological polar surface area (TPSA) is 88.6 Å². The van der Waals surface area contributed by atoms with Crippen LogP contribution in [0.1, 0.15) is 15.9 Å². The van der Waals surface area contributed by atoms with E-state index < -0.39 is 15.9 Å². The third-order valence-electron chi connectivity index (χ3n) is 4.43. The molecule has 0 unspecified atom stereocenters. The predicted molar refractivity (Wildman–Crippen MR) is 115 cm³/mol. The summed E-state index contributed by atoms with van der Waals surface area (Å²) in [5.41, 5.74) is 1.34. The van der Waals surface area contributed by atoms with E-state index in [0.29, 0.717) is 17.1 Å². The van der Waals surface area contributed by atoms with Gasteiger partial charge in [-0.2, -0.15) is 0 Å². The molecule has 1 amide bonds. The minimum atomic E-state index is -3.97. The van der Waals surface area contributed by atoms with Crippen LogP contribution in [0.15, 0.2) is 71.8 Å². The van der Waals surface area contributed by atoms with Crippen molar-refractivity contribution in [2.24, 2.45) is 0 Å². The Balaban J connectivity index is 1.85. The maximum atomic E-state index is 13.1. The van der Waals surface area contributed by atoms with Crippen molar-refractivity contribution in [1.82, 2.24) is 10.3 Å². The van der Waals surface area contributed by atoms with E-state index in [0.717, 1.165) is 4.31 Å². The van der Waals surface area contributed by atoms with Gasteiger partial charge in [-0.1, -0.05) is 35.9 Å². The predicted octanol–water partition coefficient (Wildman–Crippen LogP) is 3.50. The Bertz CT molecular complexity index is 1150. The molecule has 2 aromatic carbocycles. The number of carbonyl (C=O) groups excluding carboxylic acids is 1. The Morgan fingerprint density at radius 1 is 1.13 bits per heavy atom. The Kier molecular flexibility index (Phi) is 6.59. The van der Waals surface area contributed by atoms with Crippen molar-refractivity contribution in [1.29, 1.82) is 0 Å². The van der Waals surface area contributed by atoms with Gasteiger partial charge in [0.1, 0.15) is 4.90 Å². The third-order valence-corrected chi connectivity index (χ3v) is 6.70. The lowest BCUT2D eigenvalue weighted by Gasteiger charge is -2.20. The fourth-order valence-electron chi connectivity index (χ4n) is 2.79. The summed E-state index contributed by atoms with van der Waals surface area (Å²) in [6, 6.07) is 16.2. The second-order valence-electron chi connectivity index (χ2n) is 6.31. The summed E-state index contributed by atoms with van der Waals surface area (Å²) < 4.78 is 32.4. The second kappa shape index (κ2) is 9.15. The number of nitrogens with zero attached hydrogens (tertiary/aromatic N) is 2. The SMILES string of the molecule is COc1ncccc1CNC(=O)c1ccc(Cl)c(S(=O)(=O)N(C)c2ccccc2)c1. The molecule has 0 atom stereocenters. The molecule has 1 aromatic heterocycles. The van der Waals surface area contributed by atoms with Crippen molar-refractivity contribution >= 4 is 33.2 Å². The van der Waals surface area contributed by atoms with Crippen LogP contribution in [-0.2, 0) is 16.6 Å². The highest BCUT2D eigenvalue weighted by Crippen LogP contribution is 2.28. The van der Waals surface area contributed by atoms with Gasteiger partial charge in [-0.3, -0.25) is 9.10 Å². The van der Waals surface area contributed by atoms with Gasteiger partial charge in [0.2, 0.25) is 5.88 Å². The summed E-state index contributed by atoms with van der Waals surface area (Å²) >= 11 is 6.17. The molecular weight excluding hydrogens is 426 g/mol. The zero-order chi connectivity index (χ0) is 21.7. The summed E-state index contributed by atoms with van der Waals surface area (Å²) in [6.45, 7) is 0.171. The Labute approximate surface area is 180 Å². The largest absolute Gasteiger partial charge is 0.481 e. The number of pyridine rings is 1. The van der Waals surface area contributed by atoms with Gasteiger partial charge in [0, 0.05) is 30.9 Å². The van der Waals surface area contributed by atoms with Gasteiger partial charge >= 0.3 is 0 Å². The first-order valence-corrected chi connectivity index (χ1v) is 10.8. The zero-order valence-corrected chi connectivity index (χ0v) is 17.9. The van der Waals surface area contributed by atoms with Gasteiger partial charge in [0.15, 0.2) is 0 Å². The lowest BCUT2D eigenvalue weighted by Crippen LogP contribution is -2.28. The van der Waals surface area contributed by atoms with E-state index in [9.17, 15) is 13.2 Å². The summed E-state index contributed by atoms with van der Waals surface area (Å²) in [5, 5.41) is 2.77. The highest BCUT2D eigenvalue weighted by atomic mass is 35.5. The average Bonchev–Trinajstić information content (AvgIpc) is 2.77. The number of amides is 1. The van der Waals surface area contributed by atoms with E-state index in [1.807, 2.05) is 0 Å². The first-order chi connectivity index (χ1) is 14.3. The van der Waals surface area contributed by atoms with Gasteiger partial charge in [0.25, 0.3) is 15.9 Å². The number of aromatic nitrogens is 1. The summed E-state index contributed by atoms with van der Waals surface area (Å²) in [7, 11) is -1.04. The molecule has 0 radical (unpaired) electrons. The van der Waals surface area contributed by atoms with Crippen molar-refractivity contribution < 1.29 is 17.9 Å². The van der Waals surface area contributed by atoms with E-state index in [4.69, 9.17) is 16.3 Å². The number of hydrogen-bond donors (Lipinski definition) is 1. The molecule has 0 fully saturated rings. The molecule has 156 valence electrons. The number of hydrogen-bond acceptors (Lipinski definition) is 5. The molecule has 30 heavy (non-hydrogen) atoms. The number of nitrogens with one attached hydrogen (secondary N) is 1. The van der Waals surface area contributed by atoms with Crippen LogP contribution in [0.25, 0.3) is 0 Å². The standard InChI is InChI=1S/C21H20ClN3O4S/c1-25(17-8-4-3-5-9-17)30(27,28)19-13-15(10-11-18(19)22)20(26)24-14-16-7-6-12-23-21(16)29-2/h3-13H,14H2,1-2H3,(H,24,26). The molecule has 1 N–H and O–H groups in total. The van der Waals surface area contributed by atoms with Gasteiger partial charge < -0.3 is 10.1 Å². The van der Waals surface area contributed by atoms with Crippen LogP contribution < -0.4 is 14.4 Å². The summed E-state index contributed by atoms with van der Waals surface area (Å²) in [4.78, 5) is 16.6.